The molecule has 2 aliphatic rings. The average Bonchev–Trinajstić information content (AvgIpc) is 2.39. The monoisotopic (exact) mass is 161 g/mol. The molecule has 0 aromatic heterocycles. The van der Waals surface area contributed by atoms with E-state index in [1.807, 2.05) is 0 Å². The number of rotatable bonds is 0. The topological polar surface area (TPSA) is 84.9 Å². The summed E-state index contributed by atoms with van der Waals surface area (Å²) < 4.78 is 10.1. The minimum atomic E-state index is -1.18. The number of aliphatic hydroxyl groups is 2. The Morgan fingerprint density at radius 1 is 1.36 bits per heavy atom. The molecule has 2 saturated heterocycles. The van der Waals surface area contributed by atoms with Crippen molar-refractivity contribution in [2.75, 3.05) is 13.2 Å². The molecule has 5 nitrogen and oxygen atoms in total. The Balaban J connectivity index is 2.23. The molecule has 0 amide bonds. The van der Waals surface area contributed by atoms with Gasteiger partial charge in [-0.3, -0.25) is 5.73 Å². The highest BCUT2D eigenvalue weighted by atomic mass is 16.6. The van der Waals surface area contributed by atoms with Crippen LogP contribution in [0, 0.1) is 0 Å². The van der Waals surface area contributed by atoms with Crippen molar-refractivity contribution in [3.63, 3.8) is 0 Å². The summed E-state index contributed by atoms with van der Waals surface area (Å²) in [5, 5.41) is 18.5. The van der Waals surface area contributed by atoms with Crippen molar-refractivity contribution in [3.8, 4) is 0 Å². The molecule has 0 aliphatic carbocycles. The Bertz CT molecular complexity index is 176. The molecule has 0 spiro atoms. The first kappa shape index (κ1) is 7.45. The third kappa shape index (κ3) is 0.830. The Morgan fingerprint density at radius 3 is 2.73 bits per heavy atom. The minimum Gasteiger partial charge on any atom is -0.388 e. The van der Waals surface area contributed by atoms with Crippen molar-refractivity contribution < 1.29 is 19.7 Å². The van der Waals surface area contributed by atoms with Gasteiger partial charge in [0.25, 0.3) is 0 Å². The summed E-state index contributed by atoms with van der Waals surface area (Å²) in [6.45, 7) is 0.274. The fourth-order valence-corrected chi connectivity index (χ4v) is 1.55. The molecule has 4 N–H and O–H groups in total. The van der Waals surface area contributed by atoms with Gasteiger partial charge in [-0.15, -0.1) is 0 Å². The predicted octanol–water partition coefficient (Wildman–Crippen LogP) is -2.21. The van der Waals surface area contributed by atoms with Crippen molar-refractivity contribution >= 4 is 0 Å². The molecule has 2 heterocycles. The summed E-state index contributed by atoms with van der Waals surface area (Å²) in [5.41, 5.74) is 4.46. The number of nitrogens with two attached hydrogens (primary N) is 1. The van der Waals surface area contributed by atoms with Gasteiger partial charge in [-0.05, 0) is 0 Å². The molecule has 0 aromatic carbocycles. The van der Waals surface area contributed by atoms with Gasteiger partial charge in [0.2, 0.25) is 0 Å². The second-order valence-corrected chi connectivity index (χ2v) is 3.00. The molecular formula is C6H11NO4. The minimum absolute atomic E-state index is 0.137. The summed E-state index contributed by atoms with van der Waals surface area (Å²) in [6.07, 6.45) is -2.11. The highest BCUT2D eigenvalue weighted by Crippen LogP contribution is 2.33. The van der Waals surface area contributed by atoms with Gasteiger partial charge < -0.3 is 19.7 Å². The van der Waals surface area contributed by atoms with Crippen molar-refractivity contribution in [3.05, 3.63) is 0 Å². The van der Waals surface area contributed by atoms with Crippen LogP contribution in [-0.2, 0) is 9.47 Å². The van der Waals surface area contributed by atoms with Crippen molar-refractivity contribution in [2.24, 2.45) is 5.73 Å². The molecule has 11 heavy (non-hydrogen) atoms. The fraction of sp³-hybridized carbons (Fsp3) is 1.00. The molecule has 0 aromatic rings. The van der Waals surface area contributed by atoms with Crippen molar-refractivity contribution in [2.45, 2.75) is 24.0 Å². The first-order valence-electron chi connectivity index (χ1n) is 3.55. The lowest BCUT2D eigenvalue weighted by molar-refractivity contribution is -0.0715. The summed E-state index contributed by atoms with van der Waals surface area (Å²) in [5.74, 6) is 0. The van der Waals surface area contributed by atoms with Gasteiger partial charge in [-0.1, -0.05) is 0 Å². The maximum Gasteiger partial charge on any atom is 0.174 e. The maximum absolute atomic E-state index is 9.29. The molecule has 0 bridgehead atoms. The standard InChI is InChI=1S/C6H11NO4/c7-6-4(9)2-10-5(6)3(8)1-11-6/h3-5,8-9H,1-2,7H2/t3-,4?,5-,6-/m1/s1. The van der Waals surface area contributed by atoms with Crippen LogP contribution in [0.1, 0.15) is 0 Å². The van der Waals surface area contributed by atoms with Crippen LogP contribution in [0.2, 0.25) is 0 Å². The van der Waals surface area contributed by atoms with Crippen LogP contribution in [0.4, 0.5) is 0 Å². The number of aliphatic hydroxyl groups excluding tert-OH is 2. The molecule has 5 heteroatoms. The number of ether oxygens (including phenoxy) is 2. The maximum atomic E-state index is 9.29. The average molecular weight is 161 g/mol. The Hall–Kier alpha value is -0.200. The van der Waals surface area contributed by atoms with E-state index >= 15 is 0 Å². The normalized spacial score (nSPS) is 56.5. The zero-order valence-corrected chi connectivity index (χ0v) is 5.93. The van der Waals surface area contributed by atoms with E-state index in [-0.39, 0.29) is 13.2 Å². The van der Waals surface area contributed by atoms with Crippen LogP contribution in [0.15, 0.2) is 0 Å². The molecule has 2 aliphatic heterocycles. The summed E-state index contributed by atoms with van der Waals surface area (Å²) >= 11 is 0. The van der Waals surface area contributed by atoms with Crippen LogP contribution in [0.3, 0.4) is 0 Å². The van der Waals surface area contributed by atoms with E-state index in [0.29, 0.717) is 0 Å². The molecule has 2 rings (SSSR count). The van der Waals surface area contributed by atoms with Gasteiger partial charge in [-0.25, -0.2) is 0 Å². The van der Waals surface area contributed by atoms with E-state index in [1.165, 1.54) is 0 Å². The van der Waals surface area contributed by atoms with Gasteiger partial charge in [0.1, 0.15) is 18.3 Å². The summed E-state index contributed by atoms with van der Waals surface area (Å²) in [4.78, 5) is 0. The second-order valence-electron chi connectivity index (χ2n) is 3.00. The van der Waals surface area contributed by atoms with E-state index in [1.54, 1.807) is 0 Å². The number of hydrogen-bond donors (Lipinski definition) is 3. The second kappa shape index (κ2) is 2.15. The Morgan fingerprint density at radius 2 is 2.09 bits per heavy atom. The van der Waals surface area contributed by atoms with Gasteiger partial charge in [-0.2, -0.15) is 0 Å². The van der Waals surface area contributed by atoms with E-state index in [2.05, 4.69) is 0 Å². The van der Waals surface area contributed by atoms with Crippen LogP contribution in [0.25, 0.3) is 0 Å². The molecule has 2 fully saturated rings. The highest BCUT2D eigenvalue weighted by molar-refractivity contribution is 5.03. The predicted molar refractivity (Wildman–Crippen MR) is 34.6 cm³/mol. The van der Waals surface area contributed by atoms with Crippen molar-refractivity contribution in [1.29, 1.82) is 0 Å². The Labute approximate surface area is 63.7 Å². The molecule has 64 valence electrons. The quantitative estimate of drug-likeness (QED) is 0.375. The van der Waals surface area contributed by atoms with Crippen LogP contribution in [0.5, 0.6) is 0 Å². The van der Waals surface area contributed by atoms with E-state index in [4.69, 9.17) is 15.2 Å². The Kier molecular flexibility index (Phi) is 1.45. The lowest BCUT2D eigenvalue weighted by atomic mass is 10.0. The smallest absolute Gasteiger partial charge is 0.174 e. The van der Waals surface area contributed by atoms with Gasteiger partial charge in [0.05, 0.1) is 13.2 Å². The molecular weight excluding hydrogens is 150 g/mol. The van der Waals surface area contributed by atoms with Crippen LogP contribution >= 0.6 is 0 Å². The SMILES string of the molecule is N[C@]12OC[C@@H](O)[C@H]1OCC2O. The summed E-state index contributed by atoms with van der Waals surface area (Å²) in [6, 6.07) is 0. The third-order valence-electron chi connectivity index (χ3n) is 2.25. The third-order valence-corrected chi connectivity index (χ3v) is 2.25. The molecule has 0 radical (unpaired) electrons. The lowest BCUT2D eigenvalue weighted by Gasteiger charge is -2.24. The largest absolute Gasteiger partial charge is 0.388 e. The number of fused-ring (bicyclic) bond motifs is 1. The van der Waals surface area contributed by atoms with Gasteiger partial charge in [0, 0.05) is 0 Å². The molecule has 4 atom stereocenters. The fourth-order valence-electron chi connectivity index (χ4n) is 1.55. The zero-order chi connectivity index (χ0) is 8.06. The first-order valence-corrected chi connectivity index (χ1v) is 3.55. The van der Waals surface area contributed by atoms with Gasteiger partial charge in [0.15, 0.2) is 5.72 Å². The van der Waals surface area contributed by atoms with Crippen LogP contribution < -0.4 is 5.73 Å². The summed E-state index contributed by atoms with van der Waals surface area (Å²) in [7, 11) is 0. The highest BCUT2D eigenvalue weighted by Gasteiger charge is 2.57. The van der Waals surface area contributed by atoms with E-state index in [0.717, 1.165) is 0 Å². The zero-order valence-electron chi connectivity index (χ0n) is 5.93. The molecule has 0 saturated carbocycles. The number of hydrogen-bond acceptors (Lipinski definition) is 5. The first-order chi connectivity index (χ1) is 5.14. The lowest BCUT2D eigenvalue weighted by Crippen LogP contribution is -2.55. The molecule has 1 unspecified atom stereocenters. The van der Waals surface area contributed by atoms with E-state index < -0.39 is 24.0 Å². The van der Waals surface area contributed by atoms with E-state index in [9.17, 15) is 10.2 Å². The van der Waals surface area contributed by atoms with Gasteiger partial charge >= 0.3 is 0 Å². The van der Waals surface area contributed by atoms with Crippen molar-refractivity contribution in [1.82, 2.24) is 0 Å². The van der Waals surface area contributed by atoms with Crippen LogP contribution in [-0.4, -0.2) is 47.5 Å².